The van der Waals surface area contributed by atoms with Gasteiger partial charge in [-0.3, -0.25) is 9.59 Å². The Kier molecular flexibility index (Phi) is 6.69. The first-order valence-corrected chi connectivity index (χ1v) is 7.44. The van der Waals surface area contributed by atoms with Crippen LogP contribution in [0.25, 0.3) is 0 Å². The van der Waals surface area contributed by atoms with Crippen LogP contribution in [0.5, 0.6) is 0 Å². The lowest BCUT2D eigenvalue weighted by Crippen LogP contribution is -2.40. The number of benzene rings is 1. The van der Waals surface area contributed by atoms with Gasteiger partial charge in [0.25, 0.3) is 0 Å². The molecule has 0 aromatic heterocycles. The molecule has 4 nitrogen and oxygen atoms in total. The summed E-state index contributed by atoms with van der Waals surface area (Å²) in [5.74, 6) is -1.44. The van der Waals surface area contributed by atoms with Gasteiger partial charge in [-0.05, 0) is 43.9 Å². The standard InChI is InChI=1S/C16H22ClNO3/c1-10(8-13-4-6-14(17)7-5-13)9-15(19)18-12(3)11(2)16(20)21/h4-7,10-12H,8-9H2,1-3H3,(H,18,19)(H,20,21). The van der Waals surface area contributed by atoms with Crippen LogP contribution in [-0.2, 0) is 16.0 Å². The van der Waals surface area contributed by atoms with E-state index in [2.05, 4.69) is 5.32 Å². The molecule has 0 aliphatic carbocycles. The zero-order chi connectivity index (χ0) is 16.0. The zero-order valence-corrected chi connectivity index (χ0v) is 13.4. The average Bonchev–Trinajstić information content (AvgIpc) is 2.39. The predicted octanol–water partition coefficient (Wildman–Crippen LogP) is 3.13. The van der Waals surface area contributed by atoms with Crippen molar-refractivity contribution in [3.63, 3.8) is 0 Å². The first-order valence-electron chi connectivity index (χ1n) is 7.06. The summed E-state index contributed by atoms with van der Waals surface area (Å²) < 4.78 is 0. The molecule has 0 fully saturated rings. The van der Waals surface area contributed by atoms with E-state index in [0.717, 1.165) is 12.0 Å². The third-order valence-corrected chi connectivity index (χ3v) is 3.81. The van der Waals surface area contributed by atoms with Crippen molar-refractivity contribution < 1.29 is 14.7 Å². The highest BCUT2D eigenvalue weighted by Gasteiger charge is 2.21. The Balaban J connectivity index is 2.43. The molecule has 116 valence electrons. The topological polar surface area (TPSA) is 66.4 Å². The van der Waals surface area contributed by atoms with Crippen molar-refractivity contribution in [2.24, 2.45) is 11.8 Å². The number of hydrogen-bond acceptors (Lipinski definition) is 2. The molecule has 3 atom stereocenters. The highest BCUT2D eigenvalue weighted by Crippen LogP contribution is 2.15. The molecule has 0 bridgehead atoms. The zero-order valence-electron chi connectivity index (χ0n) is 12.6. The van der Waals surface area contributed by atoms with Crippen molar-refractivity contribution in [1.82, 2.24) is 5.32 Å². The van der Waals surface area contributed by atoms with E-state index >= 15 is 0 Å². The summed E-state index contributed by atoms with van der Waals surface area (Å²) in [4.78, 5) is 22.8. The minimum absolute atomic E-state index is 0.114. The minimum Gasteiger partial charge on any atom is -0.481 e. The maximum absolute atomic E-state index is 11.9. The Morgan fingerprint density at radius 3 is 2.29 bits per heavy atom. The number of nitrogens with one attached hydrogen (secondary N) is 1. The summed E-state index contributed by atoms with van der Waals surface area (Å²) >= 11 is 5.83. The van der Waals surface area contributed by atoms with Gasteiger partial charge in [0.2, 0.25) is 5.91 Å². The van der Waals surface area contributed by atoms with Gasteiger partial charge >= 0.3 is 5.97 Å². The molecular formula is C16H22ClNO3. The molecule has 5 heteroatoms. The molecule has 0 saturated heterocycles. The Hall–Kier alpha value is -1.55. The maximum Gasteiger partial charge on any atom is 0.308 e. The third-order valence-electron chi connectivity index (χ3n) is 3.56. The van der Waals surface area contributed by atoms with Gasteiger partial charge in [0.15, 0.2) is 0 Å². The van der Waals surface area contributed by atoms with Gasteiger partial charge in [-0.15, -0.1) is 0 Å². The van der Waals surface area contributed by atoms with Crippen LogP contribution < -0.4 is 5.32 Å². The number of hydrogen-bond donors (Lipinski definition) is 2. The van der Waals surface area contributed by atoms with Gasteiger partial charge in [0.05, 0.1) is 5.92 Å². The molecule has 3 unspecified atom stereocenters. The van der Waals surface area contributed by atoms with Gasteiger partial charge in [0.1, 0.15) is 0 Å². The summed E-state index contributed by atoms with van der Waals surface area (Å²) in [5, 5.41) is 12.3. The Bertz CT molecular complexity index is 487. The monoisotopic (exact) mass is 311 g/mol. The SMILES string of the molecule is CC(CC(=O)NC(C)C(C)C(=O)O)Cc1ccc(Cl)cc1. The molecule has 1 aromatic rings. The van der Waals surface area contributed by atoms with Crippen molar-refractivity contribution in [3.8, 4) is 0 Å². The highest BCUT2D eigenvalue weighted by molar-refractivity contribution is 6.30. The van der Waals surface area contributed by atoms with E-state index in [9.17, 15) is 9.59 Å². The van der Waals surface area contributed by atoms with Crippen molar-refractivity contribution in [2.75, 3.05) is 0 Å². The lowest BCUT2D eigenvalue weighted by Gasteiger charge is -2.19. The maximum atomic E-state index is 11.9. The molecule has 0 saturated carbocycles. The summed E-state index contributed by atoms with van der Waals surface area (Å²) in [6.07, 6.45) is 1.16. The van der Waals surface area contributed by atoms with Gasteiger partial charge < -0.3 is 10.4 Å². The van der Waals surface area contributed by atoms with Crippen LogP contribution in [0.4, 0.5) is 0 Å². The quantitative estimate of drug-likeness (QED) is 0.813. The fourth-order valence-electron chi connectivity index (χ4n) is 2.06. The van der Waals surface area contributed by atoms with E-state index in [-0.39, 0.29) is 17.9 Å². The fourth-order valence-corrected chi connectivity index (χ4v) is 2.19. The number of halogens is 1. The number of carbonyl (C=O) groups excluding carboxylic acids is 1. The second-order valence-corrected chi connectivity index (χ2v) is 6.06. The predicted molar refractivity (Wildman–Crippen MR) is 83.3 cm³/mol. The number of carboxylic acids is 1. The number of rotatable bonds is 7. The average molecular weight is 312 g/mol. The normalized spacial score (nSPS) is 15.0. The number of aliphatic carboxylic acids is 1. The number of carboxylic acid groups (broad SMARTS) is 1. The van der Waals surface area contributed by atoms with Gasteiger partial charge in [0, 0.05) is 17.5 Å². The highest BCUT2D eigenvalue weighted by atomic mass is 35.5. The lowest BCUT2D eigenvalue weighted by atomic mass is 9.97. The van der Waals surface area contributed by atoms with E-state index in [1.165, 1.54) is 0 Å². The van der Waals surface area contributed by atoms with E-state index in [1.54, 1.807) is 13.8 Å². The summed E-state index contributed by atoms with van der Waals surface area (Å²) in [5.41, 5.74) is 1.13. The summed E-state index contributed by atoms with van der Waals surface area (Å²) in [7, 11) is 0. The summed E-state index contributed by atoms with van der Waals surface area (Å²) in [6, 6.07) is 7.19. The third kappa shape index (κ3) is 6.17. The molecule has 1 amide bonds. The largest absolute Gasteiger partial charge is 0.481 e. The van der Waals surface area contributed by atoms with Crippen LogP contribution in [0.15, 0.2) is 24.3 Å². The number of amides is 1. The molecule has 21 heavy (non-hydrogen) atoms. The Morgan fingerprint density at radius 1 is 1.19 bits per heavy atom. The fraction of sp³-hybridized carbons (Fsp3) is 0.500. The second kappa shape index (κ2) is 8.03. The van der Waals surface area contributed by atoms with E-state index in [1.807, 2.05) is 31.2 Å². The first kappa shape index (κ1) is 17.5. The number of carbonyl (C=O) groups is 2. The van der Waals surface area contributed by atoms with Crippen molar-refractivity contribution >= 4 is 23.5 Å². The molecule has 1 aromatic carbocycles. The minimum atomic E-state index is -0.906. The molecule has 2 N–H and O–H groups in total. The van der Waals surface area contributed by atoms with E-state index < -0.39 is 11.9 Å². The molecule has 1 rings (SSSR count). The van der Waals surface area contributed by atoms with Gasteiger partial charge in [-0.1, -0.05) is 30.7 Å². The Morgan fingerprint density at radius 2 is 1.76 bits per heavy atom. The van der Waals surface area contributed by atoms with E-state index in [0.29, 0.717) is 11.4 Å². The molecule has 0 aliphatic rings. The molecule has 0 radical (unpaired) electrons. The molecule has 0 heterocycles. The van der Waals surface area contributed by atoms with Crippen LogP contribution in [-0.4, -0.2) is 23.0 Å². The van der Waals surface area contributed by atoms with Crippen molar-refractivity contribution in [1.29, 1.82) is 0 Å². The van der Waals surface area contributed by atoms with E-state index in [4.69, 9.17) is 16.7 Å². The van der Waals surface area contributed by atoms with Crippen molar-refractivity contribution in [2.45, 2.75) is 39.7 Å². The second-order valence-electron chi connectivity index (χ2n) is 5.62. The smallest absolute Gasteiger partial charge is 0.308 e. The molecule has 0 spiro atoms. The van der Waals surface area contributed by atoms with Crippen molar-refractivity contribution in [3.05, 3.63) is 34.9 Å². The van der Waals surface area contributed by atoms with Crippen LogP contribution in [0, 0.1) is 11.8 Å². The lowest BCUT2D eigenvalue weighted by molar-refractivity contribution is -0.142. The molecular weight excluding hydrogens is 290 g/mol. The summed E-state index contributed by atoms with van der Waals surface area (Å²) in [6.45, 7) is 5.30. The van der Waals surface area contributed by atoms with Gasteiger partial charge in [-0.25, -0.2) is 0 Å². The van der Waals surface area contributed by atoms with Crippen LogP contribution in [0.3, 0.4) is 0 Å². The molecule has 0 aliphatic heterocycles. The van der Waals surface area contributed by atoms with Crippen LogP contribution in [0.2, 0.25) is 5.02 Å². The first-order chi connectivity index (χ1) is 9.79. The van der Waals surface area contributed by atoms with Gasteiger partial charge in [-0.2, -0.15) is 0 Å². The van der Waals surface area contributed by atoms with Crippen LogP contribution in [0.1, 0.15) is 32.8 Å². The van der Waals surface area contributed by atoms with Crippen LogP contribution >= 0.6 is 11.6 Å². The Labute approximate surface area is 130 Å².